The Balaban J connectivity index is 1.75. The van der Waals surface area contributed by atoms with Crippen LogP contribution < -0.4 is 19.7 Å². The van der Waals surface area contributed by atoms with Crippen LogP contribution in [0, 0.1) is 0 Å². The molecular formula is C22H28N2O5. The second-order valence-corrected chi connectivity index (χ2v) is 6.60. The maximum Gasteiger partial charge on any atom is 0.344 e. The van der Waals surface area contributed by atoms with Crippen LogP contribution >= 0.6 is 0 Å². The van der Waals surface area contributed by atoms with Gasteiger partial charge >= 0.3 is 5.97 Å². The van der Waals surface area contributed by atoms with Crippen LogP contribution in [0.2, 0.25) is 0 Å². The number of amides is 1. The van der Waals surface area contributed by atoms with Gasteiger partial charge in [0.2, 0.25) is 0 Å². The van der Waals surface area contributed by atoms with Crippen LogP contribution in [0.3, 0.4) is 0 Å². The molecule has 0 bridgehead atoms. The van der Waals surface area contributed by atoms with Gasteiger partial charge in [0.15, 0.2) is 13.2 Å². The van der Waals surface area contributed by atoms with Gasteiger partial charge in [-0.05, 0) is 69.3 Å². The van der Waals surface area contributed by atoms with E-state index in [1.807, 2.05) is 24.3 Å². The standard InChI is InChI=1S/C22H28N2O5/c1-5-24(16(2)3)18-8-6-17(7-9-18)23-21(25)14-29-22(26)15-28-20-12-10-19(27-4)11-13-20/h6-13,16H,5,14-15H2,1-4H3,(H,23,25). The average Bonchev–Trinajstić information content (AvgIpc) is 2.72. The highest BCUT2D eigenvalue weighted by Gasteiger charge is 2.11. The SMILES string of the molecule is CCN(c1ccc(NC(=O)COC(=O)COc2ccc(OC)cc2)cc1)C(C)C. The molecule has 0 aliphatic carbocycles. The molecule has 0 saturated heterocycles. The van der Waals surface area contributed by atoms with Crippen molar-refractivity contribution < 1.29 is 23.8 Å². The summed E-state index contributed by atoms with van der Waals surface area (Å²) in [6, 6.07) is 14.8. The highest BCUT2D eigenvalue weighted by molar-refractivity contribution is 5.93. The number of anilines is 2. The molecule has 0 saturated carbocycles. The summed E-state index contributed by atoms with van der Waals surface area (Å²) in [4.78, 5) is 26.0. The van der Waals surface area contributed by atoms with E-state index in [-0.39, 0.29) is 13.2 Å². The van der Waals surface area contributed by atoms with E-state index in [9.17, 15) is 9.59 Å². The number of esters is 1. The maximum atomic E-state index is 12.0. The minimum Gasteiger partial charge on any atom is -0.497 e. The number of hydrogen-bond donors (Lipinski definition) is 1. The Kier molecular flexibility index (Phi) is 8.33. The lowest BCUT2D eigenvalue weighted by atomic mass is 10.2. The van der Waals surface area contributed by atoms with Gasteiger partial charge in [-0.3, -0.25) is 4.79 Å². The number of rotatable bonds is 10. The molecule has 0 atom stereocenters. The largest absolute Gasteiger partial charge is 0.497 e. The number of methoxy groups -OCH3 is 1. The van der Waals surface area contributed by atoms with Crippen LogP contribution in [0.25, 0.3) is 0 Å². The van der Waals surface area contributed by atoms with E-state index in [2.05, 4.69) is 31.0 Å². The first-order valence-electron chi connectivity index (χ1n) is 9.52. The Bertz CT molecular complexity index is 788. The molecule has 0 aliphatic rings. The first-order chi connectivity index (χ1) is 13.9. The predicted molar refractivity (Wildman–Crippen MR) is 113 cm³/mol. The summed E-state index contributed by atoms with van der Waals surface area (Å²) in [6.45, 7) is 6.61. The van der Waals surface area contributed by atoms with E-state index in [1.165, 1.54) is 0 Å². The highest BCUT2D eigenvalue weighted by atomic mass is 16.6. The maximum absolute atomic E-state index is 12.0. The van der Waals surface area contributed by atoms with Crippen molar-refractivity contribution >= 4 is 23.3 Å². The van der Waals surface area contributed by atoms with Crippen LogP contribution in [0.15, 0.2) is 48.5 Å². The van der Waals surface area contributed by atoms with Crippen molar-refractivity contribution in [2.45, 2.75) is 26.8 Å². The molecule has 0 unspecified atom stereocenters. The molecule has 2 aromatic rings. The van der Waals surface area contributed by atoms with Gasteiger partial charge in [-0.1, -0.05) is 0 Å². The fraction of sp³-hybridized carbons (Fsp3) is 0.364. The molecule has 1 amide bonds. The van der Waals surface area contributed by atoms with Gasteiger partial charge in [0, 0.05) is 24.0 Å². The number of nitrogens with one attached hydrogen (secondary N) is 1. The summed E-state index contributed by atoms with van der Waals surface area (Å²) in [5.41, 5.74) is 1.73. The number of ether oxygens (including phenoxy) is 3. The van der Waals surface area contributed by atoms with Crippen molar-refractivity contribution in [2.75, 3.05) is 37.1 Å². The Labute approximate surface area is 171 Å². The fourth-order valence-electron chi connectivity index (χ4n) is 2.78. The fourth-order valence-corrected chi connectivity index (χ4v) is 2.78. The molecule has 1 N–H and O–H groups in total. The van der Waals surface area contributed by atoms with E-state index in [0.29, 0.717) is 23.2 Å². The quantitative estimate of drug-likeness (QED) is 0.615. The van der Waals surface area contributed by atoms with Crippen molar-refractivity contribution in [3.05, 3.63) is 48.5 Å². The zero-order valence-corrected chi connectivity index (χ0v) is 17.3. The van der Waals surface area contributed by atoms with Crippen LogP contribution in [0.4, 0.5) is 11.4 Å². The van der Waals surface area contributed by atoms with Crippen LogP contribution in [-0.4, -0.2) is 44.8 Å². The van der Waals surface area contributed by atoms with Crippen LogP contribution in [-0.2, 0) is 14.3 Å². The summed E-state index contributed by atoms with van der Waals surface area (Å²) >= 11 is 0. The molecule has 0 fully saturated rings. The predicted octanol–water partition coefficient (Wildman–Crippen LogP) is 3.49. The molecule has 7 nitrogen and oxygen atoms in total. The molecule has 0 spiro atoms. The smallest absolute Gasteiger partial charge is 0.344 e. The summed E-state index contributed by atoms with van der Waals surface area (Å²) in [7, 11) is 1.57. The molecule has 0 heterocycles. The molecule has 7 heteroatoms. The van der Waals surface area contributed by atoms with Crippen LogP contribution in [0.1, 0.15) is 20.8 Å². The van der Waals surface area contributed by atoms with E-state index < -0.39 is 11.9 Å². The molecule has 156 valence electrons. The Hall–Kier alpha value is -3.22. The third kappa shape index (κ3) is 7.03. The van der Waals surface area contributed by atoms with Gasteiger partial charge in [0.05, 0.1) is 7.11 Å². The number of carbonyl (C=O) groups is 2. The molecule has 0 aliphatic heterocycles. The van der Waals surface area contributed by atoms with Crippen molar-refractivity contribution in [1.29, 1.82) is 0 Å². The summed E-state index contributed by atoms with van der Waals surface area (Å²) in [5, 5.41) is 2.71. The van der Waals surface area contributed by atoms with Crippen molar-refractivity contribution in [2.24, 2.45) is 0 Å². The second-order valence-electron chi connectivity index (χ2n) is 6.60. The lowest BCUT2D eigenvalue weighted by molar-refractivity contribution is -0.149. The third-order valence-corrected chi connectivity index (χ3v) is 4.23. The van der Waals surface area contributed by atoms with Crippen molar-refractivity contribution in [1.82, 2.24) is 0 Å². The normalized spacial score (nSPS) is 10.4. The first kappa shape index (κ1) is 22.1. The van der Waals surface area contributed by atoms with Gasteiger partial charge in [0.1, 0.15) is 11.5 Å². The number of hydrogen-bond acceptors (Lipinski definition) is 6. The molecule has 2 aromatic carbocycles. The van der Waals surface area contributed by atoms with E-state index in [4.69, 9.17) is 14.2 Å². The minimum absolute atomic E-state index is 0.281. The Morgan fingerprint density at radius 1 is 0.966 bits per heavy atom. The highest BCUT2D eigenvalue weighted by Crippen LogP contribution is 2.20. The number of nitrogens with zero attached hydrogens (tertiary/aromatic N) is 1. The number of benzene rings is 2. The average molecular weight is 400 g/mol. The minimum atomic E-state index is -0.623. The molecule has 0 aromatic heterocycles. The van der Waals surface area contributed by atoms with Crippen molar-refractivity contribution in [3.63, 3.8) is 0 Å². The molecule has 29 heavy (non-hydrogen) atoms. The zero-order valence-electron chi connectivity index (χ0n) is 17.3. The Morgan fingerprint density at radius 2 is 1.59 bits per heavy atom. The first-order valence-corrected chi connectivity index (χ1v) is 9.52. The van der Waals surface area contributed by atoms with Gasteiger partial charge in [-0.25, -0.2) is 4.79 Å². The molecule has 0 radical (unpaired) electrons. The molecule has 2 rings (SSSR count). The third-order valence-electron chi connectivity index (χ3n) is 4.23. The summed E-state index contributed by atoms with van der Waals surface area (Å²) in [6.07, 6.45) is 0. The lowest BCUT2D eigenvalue weighted by Crippen LogP contribution is -2.30. The lowest BCUT2D eigenvalue weighted by Gasteiger charge is -2.27. The van der Waals surface area contributed by atoms with Gasteiger partial charge in [0.25, 0.3) is 5.91 Å². The van der Waals surface area contributed by atoms with Crippen LogP contribution in [0.5, 0.6) is 11.5 Å². The molecular weight excluding hydrogens is 372 g/mol. The van der Waals surface area contributed by atoms with E-state index in [0.717, 1.165) is 12.2 Å². The number of carbonyl (C=O) groups excluding carboxylic acids is 2. The van der Waals surface area contributed by atoms with Crippen molar-refractivity contribution in [3.8, 4) is 11.5 Å². The Morgan fingerprint density at radius 3 is 2.14 bits per heavy atom. The van der Waals surface area contributed by atoms with E-state index >= 15 is 0 Å². The summed E-state index contributed by atoms with van der Waals surface area (Å²) < 4.78 is 15.3. The zero-order chi connectivity index (χ0) is 21.2. The van der Waals surface area contributed by atoms with Gasteiger partial charge < -0.3 is 24.4 Å². The second kappa shape index (κ2) is 10.9. The summed E-state index contributed by atoms with van der Waals surface area (Å²) in [5.74, 6) is 0.166. The van der Waals surface area contributed by atoms with Gasteiger partial charge in [-0.2, -0.15) is 0 Å². The monoisotopic (exact) mass is 400 g/mol. The topological polar surface area (TPSA) is 77.1 Å². The van der Waals surface area contributed by atoms with E-state index in [1.54, 1.807) is 31.4 Å². The van der Waals surface area contributed by atoms with Gasteiger partial charge in [-0.15, -0.1) is 0 Å².